The van der Waals surface area contributed by atoms with E-state index in [1.807, 2.05) is 6.92 Å². The highest BCUT2D eigenvalue weighted by atomic mass is 35.5. The van der Waals surface area contributed by atoms with Crippen LogP contribution in [0.4, 0.5) is 5.69 Å². The SMILES string of the molecule is CC(N)Cc1ccc(N(Cc2ccsc2)C2CC2)cc1Cl. The quantitative estimate of drug-likeness (QED) is 0.851. The first-order valence-electron chi connectivity index (χ1n) is 7.45. The Morgan fingerprint density at radius 1 is 1.38 bits per heavy atom. The minimum absolute atomic E-state index is 0.138. The zero-order chi connectivity index (χ0) is 14.8. The summed E-state index contributed by atoms with van der Waals surface area (Å²) < 4.78 is 0. The highest BCUT2D eigenvalue weighted by molar-refractivity contribution is 7.07. The molecule has 1 fully saturated rings. The third-order valence-corrected chi connectivity index (χ3v) is 4.91. The topological polar surface area (TPSA) is 29.3 Å². The fourth-order valence-corrected chi connectivity index (χ4v) is 3.54. The molecule has 21 heavy (non-hydrogen) atoms. The molecule has 1 unspecified atom stereocenters. The minimum atomic E-state index is 0.138. The van der Waals surface area contributed by atoms with Crippen LogP contribution in [-0.2, 0) is 13.0 Å². The van der Waals surface area contributed by atoms with Gasteiger partial charge in [0, 0.05) is 29.3 Å². The Morgan fingerprint density at radius 2 is 2.19 bits per heavy atom. The summed E-state index contributed by atoms with van der Waals surface area (Å²) >= 11 is 8.20. The van der Waals surface area contributed by atoms with Gasteiger partial charge in [0.05, 0.1) is 0 Å². The average Bonchev–Trinajstić information content (AvgIpc) is 3.15. The van der Waals surface area contributed by atoms with Gasteiger partial charge in [-0.2, -0.15) is 11.3 Å². The van der Waals surface area contributed by atoms with E-state index in [0.29, 0.717) is 6.04 Å². The summed E-state index contributed by atoms with van der Waals surface area (Å²) in [5, 5.41) is 5.20. The van der Waals surface area contributed by atoms with Crippen LogP contribution in [0.2, 0.25) is 5.02 Å². The van der Waals surface area contributed by atoms with Gasteiger partial charge in [0.25, 0.3) is 0 Å². The predicted molar refractivity (Wildman–Crippen MR) is 92.3 cm³/mol. The Hall–Kier alpha value is -1.03. The Balaban J connectivity index is 1.81. The standard InChI is InChI=1S/C17H21ClN2S/c1-12(19)8-14-2-3-16(9-17(14)18)20(15-4-5-15)10-13-6-7-21-11-13/h2-3,6-7,9,11-12,15H,4-5,8,10,19H2,1H3. The lowest BCUT2D eigenvalue weighted by atomic mass is 10.1. The van der Waals surface area contributed by atoms with E-state index < -0.39 is 0 Å². The van der Waals surface area contributed by atoms with Crippen LogP contribution in [0.25, 0.3) is 0 Å². The molecule has 112 valence electrons. The molecule has 2 nitrogen and oxygen atoms in total. The average molecular weight is 321 g/mol. The summed E-state index contributed by atoms with van der Waals surface area (Å²) in [7, 11) is 0. The Bertz CT molecular complexity index is 591. The van der Waals surface area contributed by atoms with Crippen LogP contribution in [0.3, 0.4) is 0 Å². The normalized spacial score (nSPS) is 16.0. The molecular weight excluding hydrogens is 300 g/mol. The number of rotatable bonds is 6. The maximum absolute atomic E-state index is 6.44. The minimum Gasteiger partial charge on any atom is -0.364 e. The summed E-state index contributed by atoms with van der Waals surface area (Å²) in [6.07, 6.45) is 3.39. The second-order valence-corrected chi connectivity index (χ2v) is 7.14. The molecule has 1 heterocycles. The van der Waals surface area contributed by atoms with Crippen molar-refractivity contribution in [1.82, 2.24) is 0 Å². The molecule has 1 aliphatic carbocycles. The molecule has 0 saturated heterocycles. The highest BCUT2D eigenvalue weighted by Gasteiger charge is 2.29. The first kappa shape index (κ1) is 14.9. The number of hydrogen-bond acceptors (Lipinski definition) is 3. The zero-order valence-corrected chi connectivity index (χ0v) is 13.8. The Morgan fingerprint density at radius 3 is 2.76 bits per heavy atom. The molecule has 4 heteroatoms. The van der Waals surface area contributed by atoms with Gasteiger partial charge in [-0.25, -0.2) is 0 Å². The molecule has 1 aliphatic rings. The molecule has 3 rings (SSSR count). The summed E-state index contributed by atoms with van der Waals surface area (Å²) in [5.41, 5.74) is 9.61. The van der Waals surface area contributed by atoms with Crippen LogP contribution in [0.1, 0.15) is 30.9 Å². The lowest BCUT2D eigenvalue weighted by Gasteiger charge is -2.25. The highest BCUT2D eigenvalue weighted by Crippen LogP contribution is 2.35. The second-order valence-electron chi connectivity index (χ2n) is 5.95. The van der Waals surface area contributed by atoms with Crippen LogP contribution in [0, 0.1) is 0 Å². The molecule has 2 N–H and O–H groups in total. The van der Waals surface area contributed by atoms with Gasteiger partial charge >= 0.3 is 0 Å². The number of nitrogens with two attached hydrogens (primary N) is 1. The van der Waals surface area contributed by atoms with E-state index in [1.54, 1.807) is 11.3 Å². The van der Waals surface area contributed by atoms with Crippen molar-refractivity contribution in [3.8, 4) is 0 Å². The van der Waals surface area contributed by atoms with E-state index in [4.69, 9.17) is 17.3 Å². The van der Waals surface area contributed by atoms with Crippen molar-refractivity contribution < 1.29 is 0 Å². The van der Waals surface area contributed by atoms with E-state index in [0.717, 1.165) is 23.6 Å². The lowest BCUT2D eigenvalue weighted by molar-refractivity contribution is 0.737. The van der Waals surface area contributed by atoms with Crippen molar-refractivity contribution in [1.29, 1.82) is 0 Å². The third kappa shape index (κ3) is 3.79. The molecular formula is C17H21ClN2S. The Kier molecular flexibility index (Phi) is 4.53. The lowest BCUT2D eigenvalue weighted by Crippen LogP contribution is -2.25. The molecule has 1 saturated carbocycles. The maximum Gasteiger partial charge on any atom is 0.0459 e. The van der Waals surface area contributed by atoms with Crippen LogP contribution >= 0.6 is 22.9 Å². The van der Waals surface area contributed by atoms with Gasteiger partial charge in [-0.05, 0) is 66.3 Å². The first-order chi connectivity index (χ1) is 10.1. The van der Waals surface area contributed by atoms with Crippen LogP contribution in [0.15, 0.2) is 35.0 Å². The van der Waals surface area contributed by atoms with Crippen LogP contribution in [0.5, 0.6) is 0 Å². The molecule has 0 aliphatic heterocycles. The van der Waals surface area contributed by atoms with E-state index >= 15 is 0 Å². The number of nitrogens with zero attached hydrogens (tertiary/aromatic N) is 1. The van der Waals surface area contributed by atoms with E-state index in [2.05, 4.69) is 39.9 Å². The Labute approximate surface area is 135 Å². The molecule has 0 radical (unpaired) electrons. The van der Waals surface area contributed by atoms with E-state index in [9.17, 15) is 0 Å². The van der Waals surface area contributed by atoms with Gasteiger partial charge in [0.2, 0.25) is 0 Å². The first-order valence-corrected chi connectivity index (χ1v) is 8.77. The van der Waals surface area contributed by atoms with Crippen LogP contribution < -0.4 is 10.6 Å². The van der Waals surface area contributed by atoms with Crippen molar-refractivity contribution in [2.75, 3.05) is 4.90 Å². The van der Waals surface area contributed by atoms with Crippen molar-refractivity contribution in [2.24, 2.45) is 5.73 Å². The summed E-state index contributed by atoms with van der Waals surface area (Å²) in [5.74, 6) is 0. The van der Waals surface area contributed by atoms with Gasteiger partial charge < -0.3 is 10.6 Å². The van der Waals surface area contributed by atoms with Crippen LogP contribution in [-0.4, -0.2) is 12.1 Å². The van der Waals surface area contributed by atoms with E-state index in [-0.39, 0.29) is 6.04 Å². The third-order valence-electron chi connectivity index (χ3n) is 3.83. The number of halogens is 1. The molecule has 0 spiro atoms. The van der Waals surface area contributed by atoms with Crippen molar-refractivity contribution in [3.63, 3.8) is 0 Å². The maximum atomic E-state index is 6.44. The summed E-state index contributed by atoms with van der Waals surface area (Å²) in [6, 6.07) is 9.42. The predicted octanol–water partition coefficient (Wildman–Crippen LogP) is 4.46. The molecule has 1 aromatic carbocycles. The monoisotopic (exact) mass is 320 g/mol. The van der Waals surface area contributed by atoms with Gasteiger partial charge in [-0.15, -0.1) is 0 Å². The largest absolute Gasteiger partial charge is 0.364 e. The number of benzene rings is 1. The molecule has 1 atom stereocenters. The van der Waals surface area contributed by atoms with E-state index in [1.165, 1.54) is 24.1 Å². The van der Waals surface area contributed by atoms with Crippen molar-refractivity contribution >= 4 is 28.6 Å². The number of thiophene rings is 1. The summed E-state index contributed by atoms with van der Waals surface area (Å²) in [6.45, 7) is 2.98. The fraction of sp³-hybridized carbons (Fsp3) is 0.412. The number of hydrogen-bond donors (Lipinski definition) is 1. The fourth-order valence-electron chi connectivity index (χ4n) is 2.62. The zero-order valence-electron chi connectivity index (χ0n) is 12.3. The van der Waals surface area contributed by atoms with Gasteiger partial charge in [0.15, 0.2) is 0 Å². The molecule has 0 bridgehead atoms. The summed E-state index contributed by atoms with van der Waals surface area (Å²) in [4.78, 5) is 2.48. The van der Waals surface area contributed by atoms with Crippen molar-refractivity contribution in [3.05, 3.63) is 51.2 Å². The van der Waals surface area contributed by atoms with Gasteiger partial charge in [0.1, 0.15) is 0 Å². The molecule has 1 aromatic heterocycles. The second kappa shape index (κ2) is 6.39. The van der Waals surface area contributed by atoms with Crippen molar-refractivity contribution in [2.45, 2.75) is 44.8 Å². The van der Waals surface area contributed by atoms with Gasteiger partial charge in [-0.3, -0.25) is 0 Å². The molecule has 2 aromatic rings. The molecule has 0 amide bonds. The smallest absolute Gasteiger partial charge is 0.0459 e. The number of anilines is 1. The van der Waals surface area contributed by atoms with Gasteiger partial charge in [-0.1, -0.05) is 17.7 Å².